The van der Waals surface area contributed by atoms with Crippen LogP contribution in [0.4, 0.5) is 0 Å². The molecule has 5 aromatic rings. The monoisotopic (exact) mass is 602 g/mol. The number of benzene rings is 5. The minimum absolute atomic E-state index is 0.0245. The summed E-state index contributed by atoms with van der Waals surface area (Å²) in [7, 11) is 0. The van der Waals surface area contributed by atoms with E-state index in [0.29, 0.717) is 46.6 Å². The Morgan fingerprint density at radius 3 is 2.52 bits per heavy atom. The lowest BCUT2D eigenvalue weighted by molar-refractivity contribution is 0.0736. The number of ether oxygens (including phenoxy) is 4. The van der Waals surface area contributed by atoms with Crippen molar-refractivity contribution in [3.05, 3.63) is 142 Å². The maximum Gasteiger partial charge on any atom is 0.344 e. The van der Waals surface area contributed by atoms with Crippen molar-refractivity contribution in [2.45, 2.75) is 19.4 Å². The maximum atomic E-state index is 13.2. The second-order valence-corrected chi connectivity index (χ2v) is 10.5. The van der Waals surface area contributed by atoms with Gasteiger partial charge in [0.1, 0.15) is 29.7 Å². The molecule has 0 radical (unpaired) electrons. The second-order valence-electron chi connectivity index (χ2n) is 10.1. The zero-order valence-corrected chi connectivity index (χ0v) is 24.5. The smallest absolute Gasteiger partial charge is 0.344 e. The van der Waals surface area contributed by atoms with Crippen LogP contribution in [0.1, 0.15) is 39.9 Å². The van der Waals surface area contributed by atoms with Gasteiger partial charge in [0.2, 0.25) is 5.88 Å². The highest BCUT2D eigenvalue weighted by Crippen LogP contribution is 2.45. The lowest BCUT2D eigenvalue weighted by Gasteiger charge is -2.27. The van der Waals surface area contributed by atoms with Crippen molar-refractivity contribution in [3.8, 4) is 29.1 Å². The molecule has 1 unspecified atom stereocenters. The summed E-state index contributed by atoms with van der Waals surface area (Å²) in [6.45, 7) is 2.63. The van der Waals surface area contributed by atoms with Gasteiger partial charge >= 0.3 is 5.97 Å². The number of nitrogens with two attached hydrogens (primary N) is 1. The highest BCUT2D eigenvalue weighted by Gasteiger charge is 2.32. The Kier molecular flexibility index (Phi) is 8.09. The van der Waals surface area contributed by atoms with Gasteiger partial charge in [-0.2, -0.15) is 5.26 Å². The van der Waals surface area contributed by atoms with Crippen LogP contribution in [0.2, 0.25) is 5.02 Å². The Bertz CT molecular complexity index is 1940. The number of allylic oxidation sites excluding steroid dienone is 1. The molecule has 8 heteroatoms. The molecule has 1 atom stereocenters. The van der Waals surface area contributed by atoms with Gasteiger partial charge in [0.05, 0.1) is 18.1 Å². The number of esters is 1. The largest absolute Gasteiger partial charge is 0.490 e. The molecule has 0 aliphatic carbocycles. The van der Waals surface area contributed by atoms with Crippen molar-refractivity contribution in [3.63, 3.8) is 0 Å². The molecule has 0 aromatic heterocycles. The van der Waals surface area contributed by atoms with Crippen LogP contribution in [0.15, 0.2) is 115 Å². The van der Waals surface area contributed by atoms with Crippen molar-refractivity contribution < 1.29 is 23.7 Å². The summed E-state index contributed by atoms with van der Waals surface area (Å²) in [6.07, 6.45) is 0. The molecule has 6 rings (SSSR count). The number of carbonyl (C=O) groups excluding carboxylic acids is 1. The van der Waals surface area contributed by atoms with E-state index in [-0.39, 0.29) is 17.2 Å². The summed E-state index contributed by atoms with van der Waals surface area (Å²) in [5.41, 5.74) is 9.37. The lowest BCUT2D eigenvalue weighted by atomic mass is 9.83. The highest BCUT2D eigenvalue weighted by molar-refractivity contribution is 6.30. The van der Waals surface area contributed by atoms with E-state index in [1.54, 1.807) is 24.3 Å². The van der Waals surface area contributed by atoms with E-state index in [2.05, 4.69) is 6.07 Å². The number of halogens is 1. The first-order valence-electron chi connectivity index (χ1n) is 14.0. The van der Waals surface area contributed by atoms with E-state index in [1.165, 1.54) is 0 Å². The average molecular weight is 603 g/mol. The quantitative estimate of drug-likeness (QED) is 0.142. The molecule has 44 heavy (non-hydrogen) atoms. The summed E-state index contributed by atoms with van der Waals surface area (Å²) < 4.78 is 23.6. The third-order valence-electron chi connectivity index (χ3n) is 7.32. The van der Waals surface area contributed by atoms with Crippen LogP contribution in [0.3, 0.4) is 0 Å². The van der Waals surface area contributed by atoms with Crippen LogP contribution in [-0.4, -0.2) is 12.6 Å². The predicted molar refractivity (Wildman–Crippen MR) is 168 cm³/mol. The summed E-state index contributed by atoms with van der Waals surface area (Å²) in [5, 5.41) is 12.4. The molecule has 0 saturated carbocycles. The van der Waals surface area contributed by atoms with E-state index in [9.17, 15) is 10.1 Å². The van der Waals surface area contributed by atoms with Crippen LogP contribution in [0.25, 0.3) is 10.8 Å². The molecular weight excluding hydrogens is 576 g/mol. The molecule has 0 saturated heterocycles. The van der Waals surface area contributed by atoms with Gasteiger partial charge in [-0.1, -0.05) is 72.3 Å². The summed E-state index contributed by atoms with van der Waals surface area (Å²) in [4.78, 5) is 13.2. The van der Waals surface area contributed by atoms with Crippen LogP contribution in [0, 0.1) is 11.3 Å². The van der Waals surface area contributed by atoms with E-state index in [0.717, 1.165) is 21.9 Å². The molecule has 1 aliphatic heterocycles. The first-order chi connectivity index (χ1) is 21.4. The van der Waals surface area contributed by atoms with Gasteiger partial charge in [0.15, 0.2) is 11.5 Å². The molecule has 1 aliphatic rings. The third kappa shape index (κ3) is 5.76. The minimum atomic E-state index is -0.545. The zero-order valence-electron chi connectivity index (χ0n) is 23.8. The first kappa shape index (κ1) is 28.7. The standard InChI is InChI=1S/C36H27ClN2O5/c1-2-41-33-18-24(12-17-31(33)42-21-22-10-13-25(37)14-11-22)34-29-16-15-26(19-32(29)44-35(39)30(34)20-38)43-36(40)28-9-5-7-23-6-3-4-8-27(23)28/h3-19,34H,2,21,39H2,1H3. The molecule has 218 valence electrons. The van der Waals surface area contributed by atoms with Crippen molar-refractivity contribution in [1.29, 1.82) is 5.26 Å². The molecule has 0 fully saturated rings. The summed E-state index contributed by atoms with van der Waals surface area (Å²) in [6, 6.07) is 33.3. The van der Waals surface area contributed by atoms with Gasteiger partial charge in [-0.15, -0.1) is 0 Å². The van der Waals surface area contributed by atoms with Crippen LogP contribution >= 0.6 is 11.6 Å². The number of fused-ring (bicyclic) bond motifs is 2. The van der Waals surface area contributed by atoms with E-state index in [4.69, 9.17) is 36.3 Å². The molecule has 2 N–H and O–H groups in total. The fourth-order valence-corrected chi connectivity index (χ4v) is 5.37. The Balaban J connectivity index is 1.30. The second kappa shape index (κ2) is 12.4. The molecule has 7 nitrogen and oxygen atoms in total. The first-order valence-corrected chi connectivity index (χ1v) is 14.4. The number of nitrogens with zero attached hydrogens (tertiary/aromatic N) is 1. The Labute approximate surface area is 259 Å². The van der Waals surface area contributed by atoms with Crippen molar-refractivity contribution >= 4 is 28.3 Å². The van der Waals surface area contributed by atoms with E-state index in [1.807, 2.05) is 85.8 Å². The SMILES string of the molecule is CCOc1cc(C2C(C#N)=C(N)Oc3cc(OC(=O)c4cccc5ccccc45)ccc32)ccc1OCc1ccc(Cl)cc1. The molecular formula is C36H27ClN2O5. The highest BCUT2D eigenvalue weighted by atomic mass is 35.5. The Morgan fingerprint density at radius 2 is 1.73 bits per heavy atom. The van der Waals surface area contributed by atoms with Crippen LogP contribution in [-0.2, 0) is 6.61 Å². The number of carbonyl (C=O) groups is 1. The number of rotatable bonds is 8. The Morgan fingerprint density at radius 1 is 0.932 bits per heavy atom. The topological polar surface area (TPSA) is 104 Å². The van der Waals surface area contributed by atoms with Gasteiger partial charge in [-0.05, 0) is 65.2 Å². The minimum Gasteiger partial charge on any atom is -0.490 e. The Hall–Kier alpha value is -5.45. The van der Waals surface area contributed by atoms with Gasteiger partial charge < -0.3 is 24.7 Å². The van der Waals surface area contributed by atoms with Gasteiger partial charge in [-0.3, -0.25) is 0 Å². The number of nitriles is 1. The van der Waals surface area contributed by atoms with Crippen LogP contribution < -0.4 is 24.7 Å². The molecule has 1 heterocycles. The maximum absolute atomic E-state index is 13.2. The van der Waals surface area contributed by atoms with E-state index < -0.39 is 11.9 Å². The lowest BCUT2D eigenvalue weighted by Crippen LogP contribution is -2.21. The van der Waals surface area contributed by atoms with Crippen molar-refractivity contribution in [1.82, 2.24) is 0 Å². The fraction of sp³-hybridized carbons (Fsp3) is 0.111. The number of hydrogen-bond donors (Lipinski definition) is 1. The van der Waals surface area contributed by atoms with Gasteiger partial charge in [0.25, 0.3) is 0 Å². The van der Waals surface area contributed by atoms with Crippen molar-refractivity contribution in [2.75, 3.05) is 6.61 Å². The van der Waals surface area contributed by atoms with Gasteiger partial charge in [0, 0.05) is 16.7 Å². The molecule has 0 amide bonds. The van der Waals surface area contributed by atoms with E-state index >= 15 is 0 Å². The molecule has 5 aromatic carbocycles. The van der Waals surface area contributed by atoms with Crippen LogP contribution in [0.5, 0.6) is 23.0 Å². The van der Waals surface area contributed by atoms with Crippen molar-refractivity contribution in [2.24, 2.45) is 5.73 Å². The zero-order chi connectivity index (χ0) is 30.6. The fourth-order valence-electron chi connectivity index (χ4n) is 5.24. The van der Waals surface area contributed by atoms with Gasteiger partial charge in [-0.25, -0.2) is 4.79 Å². The average Bonchev–Trinajstić information content (AvgIpc) is 3.04. The molecule has 0 spiro atoms. The molecule has 0 bridgehead atoms. The number of hydrogen-bond acceptors (Lipinski definition) is 7. The third-order valence-corrected chi connectivity index (χ3v) is 7.57. The predicted octanol–water partition coefficient (Wildman–Crippen LogP) is 7.91. The normalized spacial score (nSPS) is 13.9. The summed E-state index contributed by atoms with van der Waals surface area (Å²) >= 11 is 6.00. The summed E-state index contributed by atoms with van der Waals surface area (Å²) in [5.74, 6) is 0.698.